The van der Waals surface area contributed by atoms with E-state index in [1.165, 1.54) is 6.42 Å². The van der Waals surface area contributed by atoms with E-state index in [-0.39, 0.29) is 5.60 Å². The number of ether oxygens (including phenoxy) is 2. The van der Waals surface area contributed by atoms with E-state index in [1.54, 1.807) is 7.11 Å². The molecule has 1 aliphatic carbocycles. The average molecular weight is 235 g/mol. The lowest BCUT2D eigenvalue weighted by Gasteiger charge is -2.42. The first kappa shape index (κ1) is 12.2. The molecule has 94 valence electrons. The van der Waals surface area contributed by atoms with Crippen molar-refractivity contribution in [3.8, 4) is 11.5 Å². The van der Waals surface area contributed by atoms with Gasteiger partial charge in [0.15, 0.2) is 11.5 Å². The molecule has 3 nitrogen and oxygen atoms in total. The van der Waals surface area contributed by atoms with Gasteiger partial charge in [-0.25, -0.2) is 0 Å². The van der Waals surface area contributed by atoms with Crippen LogP contribution in [0, 0.1) is 0 Å². The first-order chi connectivity index (χ1) is 8.29. The second kappa shape index (κ2) is 5.41. The van der Waals surface area contributed by atoms with Crippen molar-refractivity contribution in [3.05, 3.63) is 24.3 Å². The van der Waals surface area contributed by atoms with Crippen molar-refractivity contribution in [3.63, 3.8) is 0 Å². The summed E-state index contributed by atoms with van der Waals surface area (Å²) in [5.41, 5.74) is 0.0254. The van der Waals surface area contributed by atoms with E-state index in [0.717, 1.165) is 37.3 Å². The fourth-order valence-electron chi connectivity index (χ4n) is 2.26. The SMILES string of the molecule is CNCCC1(Oc2ccccc2OC)CCC1. The molecule has 0 heterocycles. The zero-order chi connectivity index (χ0) is 12.1. The highest BCUT2D eigenvalue weighted by Gasteiger charge is 2.39. The van der Waals surface area contributed by atoms with Crippen molar-refractivity contribution in [1.82, 2.24) is 5.32 Å². The maximum absolute atomic E-state index is 6.20. The van der Waals surface area contributed by atoms with Crippen LogP contribution < -0.4 is 14.8 Å². The smallest absolute Gasteiger partial charge is 0.161 e. The molecule has 1 saturated carbocycles. The number of benzene rings is 1. The summed E-state index contributed by atoms with van der Waals surface area (Å²) >= 11 is 0. The van der Waals surface area contributed by atoms with Gasteiger partial charge in [0.05, 0.1) is 7.11 Å². The Morgan fingerprint density at radius 2 is 1.94 bits per heavy atom. The maximum atomic E-state index is 6.20. The van der Waals surface area contributed by atoms with Gasteiger partial charge in [-0.1, -0.05) is 12.1 Å². The van der Waals surface area contributed by atoms with Crippen LogP contribution in [-0.2, 0) is 0 Å². The second-order valence-electron chi connectivity index (χ2n) is 4.64. The number of rotatable bonds is 6. The summed E-state index contributed by atoms with van der Waals surface area (Å²) in [6.45, 7) is 0.995. The first-order valence-corrected chi connectivity index (χ1v) is 6.26. The summed E-state index contributed by atoms with van der Waals surface area (Å²) in [6, 6.07) is 7.88. The highest BCUT2D eigenvalue weighted by molar-refractivity contribution is 5.40. The van der Waals surface area contributed by atoms with Crippen molar-refractivity contribution >= 4 is 0 Å². The molecule has 17 heavy (non-hydrogen) atoms. The molecule has 0 aromatic heterocycles. The van der Waals surface area contributed by atoms with Gasteiger partial charge in [-0.05, 0) is 51.4 Å². The van der Waals surface area contributed by atoms with Gasteiger partial charge in [0.1, 0.15) is 5.60 Å². The monoisotopic (exact) mass is 235 g/mol. The van der Waals surface area contributed by atoms with Gasteiger partial charge in [-0.2, -0.15) is 0 Å². The minimum atomic E-state index is 0.0254. The number of hydrogen-bond acceptors (Lipinski definition) is 3. The van der Waals surface area contributed by atoms with Gasteiger partial charge in [0.2, 0.25) is 0 Å². The normalized spacial score (nSPS) is 17.3. The van der Waals surface area contributed by atoms with Gasteiger partial charge >= 0.3 is 0 Å². The lowest BCUT2D eigenvalue weighted by molar-refractivity contribution is -0.0156. The van der Waals surface area contributed by atoms with E-state index < -0.39 is 0 Å². The predicted octanol–water partition coefficient (Wildman–Crippen LogP) is 2.61. The van der Waals surface area contributed by atoms with Crippen LogP contribution in [0.15, 0.2) is 24.3 Å². The molecule has 0 aliphatic heterocycles. The average Bonchev–Trinajstić information content (AvgIpc) is 2.33. The Bertz CT molecular complexity index is 361. The number of hydrogen-bond donors (Lipinski definition) is 1. The summed E-state index contributed by atoms with van der Waals surface area (Å²) < 4.78 is 11.5. The molecular formula is C14H21NO2. The molecular weight excluding hydrogens is 214 g/mol. The number of para-hydroxylation sites is 2. The molecule has 2 rings (SSSR count). The van der Waals surface area contributed by atoms with Crippen molar-refractivity contribution < 1.29 is 9.47 Å². The van der Waals surface area contributed by atoms with Crippen LogP contribution in [-0.4, -0.2) is 26.3 Å². The largest absolute Gasteiger partial charge is 0.493 e. The van der Waals surface area contributed by atoms with Gasteiger partial charge in [-0.15, -0.1) is 0 Å². The van der Waals surface area contributed by atoms with Gasteiger partial charge in [-0.3, -0.25) is 0 Å². The van der Waals surface area contributed by atoms with Crippen LogP contribution >= 0.6 is 0 Å². The molecule has 0 spiro atoms. The number of nitrogens with one attached hydrogen (secondary N) is 1. The third-order valence-electron chi connectivity index (χ3n) is 3.49. The number of methoxy groups -OCH3 is 1. The molecule has 1 fully saturated rings. The molecule has 1 aromatic rings. The summed E-state index contributed by atoms with van der Waals surface area (Å²) in [5.74, 6) is 1.69. The van der Waals surface area contributed by atoms with Crippen LogP contribution in [0.5, 0.6) is 11.5 Å². The van der Waals surface area contributed by atoms with E-state index in [4.69, 9.17) is 9.47 Å². The second-order valence-corrected chi connectivity index (χ2v) is 4.64. The molecule has 0 atom stereocenters. The Hall–Kier alpha value is -1.22. The Balaban J connectivity index is 2.07. The fourth-order valence-corrected chi connectivity index (χ4v) is 2.26. The topological polar surface area (TPSA) is 30.5 Å². The summed E-state index contributed by atoms with van der Waals surface area (Å²) in [6.07, 6.45) is 4.61. The van der Waals surface area contributed by atoms with E-state index in [9.17, 15) is 0 Å². The van der Waals surface area contributed by atoms with E-state index >= 15 is 0 Å². The van der Waals surface area contributed by atoms with E-state index in [2.05, 4.69) is 5.32 Å². The van der Waals surface area contributed by atoms with Crippen LogP contribution in [0.1, 0.15) is 25.7 Å². The maximum Gasteiger partial charge on any atom is 0.161 e. The van der Waals surface area contributed by atoms with Crippen molar-refractivity contribution in [2.75, 3.05) is 20.7 Å². The summed E-state index contributed by atoms with van der Waals surface area (Å²) in [7, 11) is 3.67. The highest BCUT2D eigenvalue weighted by Crippen LogP contribution is 2.41. The predicted molar refractivity (Wildman–Crippen MR) is 68.7 cm³/mol. The Morgan fingerprint density at radius 3 is 2.47 bits per heavy atom. The lowest BCUT2D eigenvalue weighted by Crippen LogP contribution is -2.45. The van der Waals surface area contributed by atoms with Crippen molar-refractivity contribution in [2.24, 2.45) is 0 Å². The van der Waals surface area contributed by atoms with Crippen LogP contribution in [0.4, 0.5) is 0 Å². The zero-order valence-electron chi connectivity index (χ0n) is 10.7. The summed E-state index contributed by atoms with van der Waals surface area (Å²) in [4.78, 5) is 0. The highest BCUT2D eigenvalue weighted by atomic mass is 16.5. The van der Waals surface area contributed by atoms with Crippen LogP contribution in [0.3, 0.4) is 0 Å². The minimum Gasteiger partial charge on any atom is -0.493 e. The molecule has 0 radical (unpaired) electrons. The van der Waals surface area contributed by atoms with Gasteiger partial charge in [0, 0.05) is 0 Å². The van der Waals surface area contributed by atoms with E-state index in [1.807, 2.05) is 31.3 Å². The van der Waals surface area contributed by atoms with E-state index in [0.29, 0.717) is 0 Å². The first-order valence-electron chi connectivity index (χ1n) is 6.26. The van der Waals surface area contributed by atoms with Gasteiger partial charge in [0.25, 0.3) is 0 Å². The third-order valence-corrected chi connectivity index (χ3v) is 3.49. The Kier molecular flexibility index (Phi) is 3.89. The molecule has 0 bridgehead atoms. The van der Waals surface area contributed by atoms with Crippen LogP contribution in [0.25, 0.3) is 0 Å². The molecule has 1 aromatic carbocycles. The van der Waals surface area contributed by atoms with Crippen molar-refractivity contribution in [2.45, 2.75) is 31.3 Å². The molecule has 3 heteroatoms. The van der Waals surface area contributed by atoms with Crippen molar-refractivity contribution in [1.29, 1.82) is 0 Å². The van der Waals surface area contributed by atoms with Crippen LogP contribution in [0.2, 0.25) is 0 Å². The quantitative estimate of drug-likeness (QED) is 0.822. The molecule has 0 amide bonds. The molecule has 1 N–H and O–H groups in total. The Morgan fingerprint density at radius 1 is 1.24 bits per heavy atom. The zero-order valence-corrected chi connectivity index (χ0v) is 10.7. The Labute approximate surface area is 103 Å². The lowest BCUT2D eigenvalue weighted by atomic mass is 9.77. The standard InChI is InChI=1S/C14H21NO2/c1-15-11-10-14(8-5-9-14)17-13-7-4-3-6-12(13)16-2/h3-4,6-7,15H,5,8-11H2,1-2H3. The molecule has 0 unspecified atom stereocenters. The summed E-state index contributed by atoms with van der Waals surface area (Å²) in [5, 5.41) is 3.19. The molecule has 0 saturated heterocycles. The van der Waals surface area contributed by atoms with Gasteiger partial charge < -0.3 is 14.8 Å². The third kappa shape index (κ3) is 2.72. The fraction of sp³-hybridized carbons (Fsp3) is 0.571. The minimum absolute atomic E-state index is 0.0254. The molecule has 1 aliphatic rings.